The Kier molecular flexibility index (Phi) is 2.81. The van der Waals surface area contributed by atoms with Gasteiger partial charge >= 0.3 is 0 Å². The molecule has 3 rings (SSSR count). The molecule has 1 aliphatic carbocycles. The Hall–Kier alpha value is -1.42. The van der Waals surface area contributed by atoms with Gasteiger partial charge in [-0.1, -0.05) is 12.8 Å². The summed E-state index contributed by atoms with van der Waals surface area (Å²) in [5.41, 5.74) is 9.12. The lowest BCUT2D eigenvalue weighted by Crippen LogP contribution is -2.04. The maximum Gasteiger partial charge on any atom is 0.141 e. The summed E-state index contributed by atoms with van der Waals surface area (Å²) >= 11 is 0. The lowest BCUT2D eigenvalue weighted by Gasteiger charge is -2.10. The van der Waals surface area contributed by atoms with Gasteiger partial charge in [-0.25, -0.2) is 9.97 Å². The third kappa shape index (κ3) is 1.82. The highest BCUT2D eigenvalue weighted by atomic mass is 14.9. The minimum absolute atomic E-state index is 0.618. The van der Waals surface area contributed by atoms with Gasteiger partial charge in [0.1, 0.15) is 12.0 Å². The number of nitrogens with two attached hydrogens (primary N) is 1. The molecule has 90 valence electrons. The number of nitrogens with one attached hydrogen (secondary N) is 1. The monoisotopic (exact) mass is 230 g/mol. The van der Waals surface area contributed by atoms with Gasteiger partial charge in [-0.15, -0.1) is 0 Å². The minimum atomic E-state index is 0.618. The Morgan fingerprint density at radius 1 is 1.29 bits per heavy atom. The zero-order chi connectivity index (χ0) is 11.7. The van der Waals surface area contributed by atoms with Crippen molar-refractivity contribution in [3.8, 4) is 0 Å². The molecule has 1 fully saturated rings. The Morgan fingerprint density at radius 2 is 2.12 bits per heavy atom. The number of nitrogens with zero attached hydrogens (tertiary/aromatic N) is 2. The number of fused-ring (bicyclic) bond motifs is 1. The van der Waals surface area contributed by atoms with E-state index >= 15 is 0 Å². The number of aromatic nitrogens is 3. The summed E-state index contributed by atoms with van der Waals surface area (Å²) in [6.07, 6.45) is 9.79. The topological polar surface area (TPSA) is 67.6 Å². The lowest BCUT2D eigenvalue weighted by molar-refractivity contribution is 0.702. The number of H-pyrrole nitrogens is 1. The van der Waals surface area contributed by atoms with Crippen molar-refractivity contribution in [1.29, 1.82) is 0 Å². The van der Waals surface area contributed by atoms with Crippen LogP contribution in [0.5, 0.6) is 0 Å². The van der Waals surface area contributed by atoms with Crippen LogP contribution in [0.15, 0.2) is 12.5 Å². The van der Waals surface area contributed by atoms with Gasteiger partial charge < -0.3 is 10.7 Å². The predicted octanol–water partition coefficient (Wildman–Crippen LogP) is 2.12. The quantitative estimate of drug-likeness (QED) is 0.848. The largest absolute Gasteiger partial charge is 0.346 e. The van der Waals surface area contributed by atoms with Gasteiger partial charge in [0.2, 0.25) is 0 Å². The van der Waals surface area contributed by atoms with Crippen LogP contribution in [0.1, 0.15) is 42.9 Å². The molecule has 0 saturated heterocycles. The summed E-state index contributed by atoms with van der Waals surface area (Å²) in [5.74, 6) is 0.618. The number of aromatic amines is 1. The summed E-state index contributed by atoms with van der Waals surface area (Å²) in [5, 5.41) is 1.23. The van der Waals surface area contributed by atoms with Gasteiger partial charge in [-0.05, 0) is 31.4 Å². The summed E-state index contributed by atoms with van der Waals surface area (Å²) in [4.78, 5) is 12.1. The van der Waals surface area contributed by atoms with E-state index in [1.165, 1.54) is 42.3 Å². The molecule has 0 radical (unpaired) electrons. The first kappa shape index (κ1) is 10.7. The molecule has 0 amide bonds. The molecule has 3 N–H and O–H groups in total. The highest BCUT2D eigenvalue weighted by Gasteiger charge is 2.22. The van der Waals surface area contributed by atoms with Crippen molar-refractivity contribution in [1.82, 2.24) is 15.0 Å². The van der Waals surface area contributed by atoms with Gasteiger partial charge in [-0.2, -0.15) is 0 Å². The van der Waals surface area contributed by atoms with Crippen LogP contribution in [-0.2, 0) is 6.42 Å². The molecule has 2 heterocycles. The summed E-state index contributed by atoms with van der Waals surface area (Å²) < 4.78 is 0. The van der Waals surface area contributed by atoms with Crippen molar-refractivity contribution in [2.45, 2.75) is 38.0 Å². The van der Waals surface area contributed by atoms with Gasteiger partial charge in [-0.3, -0.25) is 0 Å². The van der Waals surface area contributed by atoms with Gasteiger partial charge in [0.05, 0.1) is 5.69 Å². The van der Waals surface area contributed by atoms with E-state index in [1.54, 1.807) is 6.33 Å². The zero-order valence-electron chi connectivity index (χ0n) is 9.95. The average Bonchev–Trinajstić information content (AvgIpc) is 2.98. The van der Waals surface area contributed by atoms with E-state index in [2.05, 4.69) is 15.0 Å². The molecule has 0 atom stereocenters. The molecule has 0 unspecified atom stereocenters. The Balaban J connectivity index is 2.11. The molecule has 4 nitrogen and oxygen atoms in total. The molecule has 1 saturated carbocycles. The molecule has 0 aromatic carbocycles. The smallest absolute Gasteiger partial charge is 0.141 e. The second-order valence-corrected chi connectivity index (χ2v) is 4.82. The SMILES string of the molecule is NCCc1c[nH]c2ncnc(C3CCCC3)c12. The molecular weight excluding hydrogens is 212 g/mol. The maximum absolute atomic E-state index is 5.66. The van der Waals surface area contributed by atoms with E-state index in [9.17, 15) is 0 Å². The molecule has 0 bridgehead atoms. The Labute approximate surface area is 101 Å². The standard InChI is InChI=1S/C13H18N4/c14-6-5-10-7-15-13-11(10)12(16-8-17-13)9-3-1-2-4-9/h7-9H,1-6,14H2,(H,15,16,17). The first-order chi connectivity index (χ1) is 8.40. The molecule has 2 aromatic rings. The minimum Gasteiger partial charge on any atom is -0.346 e. The lowest BCUT2D eigenvalue weighted by atomic mass is 9.98. The van der Waals surface area contributed by atoms with E-state index in [0.717, 1.165) is 12.1 Å². The average molecular weight is 230 g/mol. The van der Waals surface area contributed by atoms with E-state index in [4.69, 9.17) is 5.73 Å². The van der Waals surface area contributed by atoms with Crippen molar-refractivity contribution >= 4 is 11.0 Å². The van der Waals surface area contributed by atoms with E-state index in [1.807, 2.05) is 6.20 Å². The number of hydrogen-bond donors (Lipinski definition) is 2. The van der Waals surface area contributed by atoms with Gasteiger partial charge in [0.25, 0.3) is 0 Å². The van der Waals surface area contributed by atoms with Crippen LogP contribution >= 0.6 is 0 Å². The van der Waals surface area contributed by atoms with Crippen LogP contribution in [-0.4, -0.2) is 21.5 Å². The van der Waals surface area contributed by atoms with Crippen LogP contribution in [0.3, 0.4) is 0 Å². The van der Waals surface area contributed by atoms with E-state index in [0.29, 0.717) is 12.5 Å². The van der Waals surface area contributed by atoms with Crippen molar-refractivity contribution in [3.05, 3.63) is 23.8 Å². The van der Waals surface area contributed by atoms with Gasteiger partial charge in [0.15, 0.2) is 0 Å². The molecule has 4 heteroatoms. The first-order valence-electron chi connectivity index (χ1n) is 6.41. The predicted molar refractivity (Wildman–Crippen MR) is 67.9 cm³/mol. The van der Waals surface area contributed by atoms with Crippen molar-refractivity contribution in [2.24, 2.45) is 5.73 Å². The molecule has 17 heavy (non-hydrogen) atoms. The van der Waals surface area contributed by atoms with Crippen LogP contribution in [0, 0.1) is 0 Å². The fourth-order valence-electron chi connectivity index (χ4n) is 2.91. The summed E-state index contributed by atoms with van der Waals surface area (Å²) in [7, 11) is 0. The second kappa shape index (κ2) is 4.45. The van der Waals surface area contributed by atoms with Crippen LogP contribution in [0.4, 0.5) is 0 Å². The highest BCUT2D eigenvalue weighted by molar-refractivity contribution is 5.82. The number of rotatable bonds is 3. The van der Waals surface area contributed by atoms with Crippen LogP contribution < -0.4 is 5.73 Å². The fraction of sp³-hybridized carbons (Fsp3) is 0.538. The highest BCUT2D eigenvalue weighted by Crippen LogP contribution is 2.36. The Bertz CT molecular complexity index is 511. The molecule has 0 spiro atoms. The van der Waals surface area contributed by atoms with Crippen LogP contribution in [0.2, 0.25) is 0 Å². The van der Waals surface area contributed by atoms with Crippen molar-refractivity contribution in [2.75, 3.05) is 6.54 Å². The van der Waals surface area contributed by atoms with Gasteiger partial charge in [0, 0.05) is 17.5 Å². The van der Waals surface area contributed by atoms with E-state index in [-0.39, 0.29) is 0 Å². The zero-order valence-corrected chi connectivity index (χ0v) is 9.95. The van der Waals surface area contributed by atoms with Crippen molar-refractivity contribution in [3.63, 3.8) is 0 Å². The first-order valence-corrected chi connectivity index (χ1v) is 6.41. The number of hydrogen-bond acceptors (Lipinski definition) is 3. The van der Waals surface area contributed by atoms with Crippen molar-refractivity contribution < 1.29 is 0 Å². The molecule has 0 aliphatic heterocycles. The normalized spacial score (nSPS) is 17.0. The molecule has 1 aliphatic rings. The molecule has 2 aromatic heterocycles. The maximum atomic E-state index is 5.66. The third-order valence-corrected chi connectivity index (χ3v) is 3.74. The second-order valence-electron chi connectivity index (χ2n) is 4.82. The van der Waals surface area contributed by atoms with Crippen LogP contribution in [0.25, 0.3) is 11.0 Å². The third-order valence-electron chi connectivity index (χ3n) is 3.74. The molecular formula is C13H18N4. The summed E-state index contributed by atoms with van der Waals surface area (Å²) in [6.45, 7) is 0.673. The van der Waals surface area contributed by atoms with E-state index < -0.39 is 0 Å². The Morgan fingerprint density at radius 3 is 2.88 bits per heavy atom. The summed E-state index contributed by atoms with van der Waals surface area (Å²) in [6, 6.07) is 0. The fourth-order valence-corrected chi connectivity index (χ4v) is 2.91.